The number of rotatable bonds is 6. The van der Waals surface area contributed by atoms with Gasteiger partial charge in [-0.05, 0) is 0 Å². The molecule has 2 saturated carbocycles. The Morgan fingerprint density at radius 2 is 1.12 bits per heavy atom. The molecule has 2 aromatic carbocycles. The van der Waals surface area contributed by atoms with Gasteiger partial charge in [0.25, 0.3) is 0 Å². The summed E-state index contributed by atoms with van der Waals surface area (Å²) < 4.78 is 3.99. The molecule has 10 unspecified atom stereocenters. The minimum absolute atomic E-state index is 0. The molecule has 59 heavy (non-hydrogen) atoms. The van der Waals surface area contributed by atoms with E-state index in [1.165, 1.54) is 35.1 Å². The fourth-order valence-corrected chi connectivity index (χ4v) is 26.4. The summed E-state index contributed by atoms with van der Waals surface area (Å²) in [5, 5.41) is 0. The molecule has 0 saturated heterocycles. The zero-order chi connectivity index (χ0) is 41.2. The summed E-state index contributed by atoms with van der Waals surface area (Å²) in [6.45, 7) is 35.8. The Balaban J connectivity index is 0.00000293. The molecule has 6 aliphatic rings. The molecule has 6 aliphatic carbocycles. The van der Waals surface area contributed by atoms with Gasteiger partial charge in [-0.15, -0.1) is 0 Å². The van der Waals surface area contributed by atoms with Gasteiger partial charge in [-0.1, -0.05) is 0 Å². The van der Waals surface area contributed by atoms with Gasteiger partial charge in [-0.25, -0.2) is 0 Å². The smallest absolute Gasteiger partial charge is 1.00 e. The van der Waals surface area contributed by atoms with E-state index in [1.807, 2.05) is 3.28 Å². The van der Waals surface area contributed by atoms with Gasteiger partial charge in [0, 0.05) is 0 Å². The van der Waals surface area contributed by atoms with E-state index in [0.717, 1.165) is 0 Å². The summed E-state index contributed by atoms with van der Waals surface area (Å²) >= 11 is -3.19. The minimum Gasteiger partial charge on any atom is -1.00 e. The first kappa shape index (κ1) is 46.2. The molecule has 8 rings (SSSR count). The number of halogens is 2. The van der Waals surface area contributed by atoms with Crippen LogP contribution in [0.4, 0.5) is 0 Å². The summed E-state index contributed by atoms with van der Waals surface area (Å²) in [6, 6.07) is 19.5. The zero-order valence-corrected chi connectivity index (χ0v) is 42.5. The Morgan fingerprint density at radius 1 is 0.644 bits per heavy atom. The standard InChI is InChI=1S/C29H37.C15H14.C12H19.2ClH.Zr/c1-21-14-13-15-22-20-27(6)25(4)18-10-9-16-23(25,2)24(3)17-11-12-19-26(24,5)29(27,8)28(21,22)7;1-12-3-7-14(8-4-12)11-15-9-5-13(2)6-10-15;1-5-6-10-7-8-11(9-10)12(2,3)4;;;/h9-20,22H,1-8H3;3-10H,1-2H3;8-10H,5-6H2,1-4H3;2*1H;/q;;;;;+2/p-2. The molecule has 0 spiro atoms. The molecule has 2 aromatic rings. The number of benzene rings is 2. The number of hydrogen-bond acceptors (Lipinski definition) is 0. The van der Waals surface area contributed by atoms with E-state index in [9.17, 15) is 0 Å². The predicted molar refractivity (Wildman–Crippen MR) is 243 cm³/mol. The first-order valence-electron chi connectivity index (χ1n) is 22.1. The fraction of sp³-hybridized carbons (Fsp3) is 0.482. The third kappa shape index (κ3) is 5.71. The summed E-state index contributed by atoms with van der Waals surface area (Å²) in [7, 11) is 0. The van der Waals surface area contributed by atoms with Gasteiger partial charge < -0.3 is 24.8 Å². The van der Waals surface area contributed by atoms with E-state index in [-0.39, 0.29) is 68.1 Å². The summed E-state index contributed by atoms with van der Waals surface area (Å²) in [6.07, 6.45) is 36.0. The molecule has 0 aliphatic heterocycles. The number of allylic oxidation sites excluding steroid dienone is 16. The fourth-order valence-electron chi connectivity index (χ4n) is 14.5. The van der Waals surface area contributed by atoms with Crippen LogP contribution in [0.25, 0.3) is 0 Å². The number of aryl methyl sites for hydroxylation is 2. The van der Waals surface area contributed by atoms with Crippen molar-refractivity contribution in [2.75, 3.05) is 0 Å². The van der Waals surface area contributed by atoms with Crippen molar-refractivity contribution in [3.63, 3.8) is 0 Å². The quantitative estimate of drug-likeness (QED) is 0.272. The topological polar surface area (TPSA) is 0 Å². The van der Waals surface area contributed by atoms with E-state index in [4.69, 9.17) is 0 Å². The van der Waals surface area contributed by atoms with Crippen LogP contribution < -0.4 is 24.8 Å². The van der Waals surface area contributed by atoms with Crippen LogP contribution >= 0.6 is 0 Å². The van der Waals surface area contributed by atoms with Crippen molar-refractivity contribution < 1.29 is 46.1 Å². The summed E-state index contributed by atoms with van der Waals surface area (Å²) in [4.78, 5) is 0. The summed E-state index contributed by atoms with van der Waals surface area (Å²) in [5.74, 6) is 0.858. The maximum atomic E-state index is 2.85. The Kier molecular flexibility index (Phi) is 11.9. The van der Waals surface area contributed by atoms with E-state index >= 15 is 0 Å². The van der Waals surface area contributed by atoms with Crippen LogP contribution in [0.5, 0.6) is 0 Å². The van der Waals surface area contributed by atoms with Crippen LogP contribution in [0.3, 0.4) is 0 Å². The van der Waals surface area contributed by atoms with Gasteiger partial charge >= 0.3 is 357 Å². The molecule has 0 aromatic heterocycles. The molecular weight excluding hydrogens is 835 g/mol. The van der Waals surface area contributed by atoms with Gasteiger partial charge in [0.2, 0.25) is 0 Å². The van der Waals surface area contributed by atoms with Gasteiger partial charge in [0.1, 0.15) is 0 Å². The first-order chi connectivity index (χ1) is 26.7. The third-order valence-electron chi connectivity index (χ3n) is 18.6. The normalized spacial score (nSPS) is 38.3. The molecular formula is C56H70Cl2Zr. The molecule has 0 amide bonds. The molecule has 0 heterocycles. The van der Waals surface area contributed by atoms with Crippen LogP contribution in [0, 0.1) is 69.0 Å². The van der Waals surface area contributed by atoms with Gasteiger partial charge in [0.05, 0.1) is 0 Å². The first-order valence-corrected chi connectivity index (χ1v) is 26.0. The van der Waals surface area contributed by atoms with Crippen molar-refractivity contribution in [1.29, 1.82) is 0 Å². The molecule has 0 bridgehead atoms. The minimum atomic E-state index is -3.19. The Hall–Kier alpha value is -2.31. The monoisotopic (exact) mass is 902 g/mol. The van der Waals surface area contributed by atoms with Gasteiger partial charge in [-0.2, -0.15) is 0 Å². The second-order valence-corrected chi connectivity index (χ2v) is 27.6. The molecule has 312 valence electrons. The number of fused-ring (bicyclic) bond motifs is 8. The van der Waals surface area contributed by atoms with Crippen LogP contribution in [0.2, 0.25) is 3.63 Å². The molecule has 0 N–H and O–H groups in total. The SMILES string of the molecule is CCCC1C=C(C(C)(C)C)C=[C]1[Zr+2](=[C](c1ccc(C)cc1)c1ccc(C)cc1)[CH]1C2C=CC=C(C)C2(C)C2(C)C3(C)C=CC=CC3(C)C3(C)C=CC=CC3(C)C12C.[Cl-].[Cl-]. The maximum Gasteiger partial charge on any atom is -1.00 e. The van der Waals surface area contributed by atoms with E-state index < -0.39 is 21.3 Å². The van der Waals surface area contributed by atoms with E-state index in [1.54, 1.807) is 14.4 Å². The number of hydrogen-bond donors (Lipinski definition) is 0. The summed E-state index contributed by atoms with van der Waals surface area (Å²) in [5.41, 5.74) is 7.90. The molecule has 0 nitrogen and oxygen atoms in total. The Labute approximate surface area is 379 Å². The van der Waals surface area contributed by atoms with E-state index in [2.05, 4.69) is 224 Å². The van der Waals surface area contributed by atoms with Crippen LogP contribution in [0.1, 0.15) is 118 Å². The Morgan fingerprint density at radius 3 is 1.61 bits per heavy atom. The third-order valence-corrected chi connectivity index (χ3v) is 28.0. The van der Waals surface area contributed by atoms with Crippen molar-refractivity contribution in [1.82, 2.24) is 0 Å². The van der Waals surface area contributed by atoms with Crippen molar-refractivity contribution >= 4 is 3.21 Å². The molecule has 2 fully saturated rings. The van der Waals surface area contributed by atoms with E-state index in [0.29, 0.717) is 15.5 Å². The molecule has 10 atom stereocenters. The van der Waals surface area contributed by atoms with Crippen molar-refractivity contribution in [3.8, 4) is 0 Å². The zero-order valence-electron chi connectivity index (χ0n) is 38.5. The largest absolute Gasteiger partial charge is 1.00 e. The molecule has 3 heteroatoms. The van der Waals surface area contributed by atoms with Gasteiger partial charge in [-0.3, -0.25) is 0 Å². The maximum absolute atomic E-state index is 3.19. The van der Waals surface area contributed by atoms with Crippen molar-refractivity contribution in [2.24, 2.45) is 55.2 Å². The average Bonchev–Trinajstić information content (AvgIpc) is 3.66. The predicted octanol–water partition coefficient (Wildman–Crippen LogP) is 9.03. The second-order valence-electron chi connectivity index (χ2n) is 21.4. The van der Waals surface area contributed by atoms with Crippen LogP contribution in [-0.4, -0.2) is 3.21 Å². The second kappa shape index (κ2) is 15.2. The van der Waals surface area contributed by atoms with Crippen LogP contribution in [-0.2, 0) is 21.3 Å². The van der Waals surface area contributed by atoms with Gasteiger partial charge in [0.15, 0.2) is 0 Å². The van der Waals surface area contributed by atoms with Crippen molar-refractivity contribution in [2.45, 2.75) is 113 Å². The Bertz CT molecular complexity index is 2240. The molecule has 0 radical (unpaired) electrons. The average molecular weight is 905 g/mol. The van der Waals surface area contributed by atoms with Crippen molar-refractivity contribution in [3.05, 3.63) is 164 Å². The van der Waals surface area contributed by atoms with Crippen LogP contribution in [0.15, 0.2) is 142 Å².